The van der Waals surface area contributed by atoms with E-state index < -0.39 is 10.2 Å². The number of piperidine rings is 1. The molecule has 0 amide bonds. The van der Waals surface area contributed by atoms with Gasteiger partial charge in [-0.15, -0.1) is 0 Å². The van der Waals surface area contributed by atoms with Crippen LogP contribution in [0, 0.1) is 0 Å². The van der Waals surface area contributed by atoms with Gasteiger partial charge in [0.25, 0.3) is 10.2 Å². The third kappa shape index (κ3) is 4.39. The average molecular weight is 306 g/mol. The van der Waals surface area contributed by atoms with Crippen LogP contribution in [0.1, 0.15) is 44.9 Å². The zero-order valence-electron chi connectivity index (χ0n) is 12.0. The van der Waals surface area contributed by atoms with Crippen molar-refractivity contribution in [3.8, 4) is 0 Å². The van der Waals surface area contributed by atoms with Crippen molar-refractivity contribution in [2.75, 3.05) is 26.3 Å². The Morgan fingerprint density at radius 2 is 2.00 bits per heavy atom. The monoisotopic (exact) mass is 306 g/mol. The van der Waals surface area contributed by atoms with Crippen molar-refractivity contribution >= 4 is 10.2 Å². The van der Waals surface area contributed by atoms with Crippen LogP contribution in [-0.2, 0) is 14.9 Å². The predicted molar refractivity (Wildman–Crippen MR) is 76.6 cm³/mol. The lowest BCUT2D eigenvalue weighted by Gasteiger charge is -2.33. The van der Waals surface area contributed by atoms with Gasteiger partial charge in [0, 0.05) is 25.7 Å². The number of rotatable bonds is 6. The summed E-state index contributed by atoms with van der Waals surface area (Å²) < 4.78 is 34.2. The summed E-state index contributed by atoms with van der Waals surface area (Å²) in [5.41, 5.74) is 0. The molecule has 20 heavy (non-hydrogen) atoms. The second-order valence-corrected chi connectivity index (χ2v) is 7.33. The van der Waals surface area contributed by atoms with E-state index in [1.54, 1.807) is 0 Å². The molecule has 2 saturated heterocycles. The lowest BCUT2D eigenvalue weighted by atomic mass is 10.1. The van der Waals surface area contributed by atoms with E-state index in [1.165, 1.54) is 4.31 Å². The lowest BCUT2D eigenvalue weighted by molar-refractivity contribution is 0.0122. The minimum atomic E-state index is -3.48. The lowest BCUT2D eigenvalue weighted by Crippen LogP contribution is -2.50. The molecule has 2 heterocycles. The van der Waals surface area contributed by atoms with Gasteiger partial charge in [0.15, 0.2) is 0 Å². The Kier molecular flexibility index (Phi) is 6.22. The summed E-state index contributed by atoms with van der Waals surface area (Å²) in [6, 6.07) is -0.271. The SMILES string of the molecule is O=S(=O)(NCCC1CCCCO1)N1CCCCC1CO. The van der Waals surface area contributed by atoms with Crippen LogP contribution in [0.3, 0.4) is 0 Å². The summed E-state index contributed by atoms with van der Waals surface area (Å²) in [4.78, 5) is 0. The van der Waals surface area contributed by atoms with Gasteiger partial charge < -0.3 is 9.84 Å². The van der Waals surface area contributed by atoms with Crippen LogP contribution < -0.4 is 4.72 Å². The number of aliphatic hydroxyl groups excluding tert-OH is 1. The van der Waals surface area contributed by atoms with Gasteiger partial charge in [-0.25, -0.2) is 4.72 Å². The fourth-order valence-corrected chi connectivity index (χ4v) is 4.42. The smallest absolute Gasteiger partial charge is 0.279 e. The molecule has 2 rings (SSSR count). The second kappa shape index (κ2) is 7.70. The van der Waals surface area contributed by atoms with E-state index in [2.05, 4.69) is 4.72 Å². The van der Waals surface area contributed by atoms with Gasteiger partial charge in [-0.2, -0.15) is 12.7 Å². The predicted octanol–water partition coefficient (Wildman–Crippen LogP) is 0.627. The minimum absolute atomic E-state index is 0.105. The average Bonchev–Trinajstić information content (AvgIpc) is 2.48. The molecular weight excluding hydrogens is 280 g/mol. The molecular formula is C13H26N2O4S. The molecule has 118 valence electrons. The van der Waals surface area contributed by atoms with Crippen molar-refractivity contribution < 1.29 is 18.3 Å². The van der Waals surface area contributed by atoms with Crippen molar-refractivity contribution in [2.24, 2.45) is 0 Å². The molecule has 2 unspecified atom stereocenters. The Morgan fingerprint density at radius 1 is 1.20 bits per heavy atom. The first-order valence-corrected chi connectivity index (χ1v) is 9.06. The third-order valence-electron chi connectivity index (χ3n) is 4.12. The molecule has 0 aromatic heterocycles. The van der Waals surface area contributed by atoms with Gasteiger partial charge in [-0.3, -0.25) is 0 Å². The fraction of sp³-hybridized carbons (Fsp3) is 1.00. The highest BCUT2D eigenvalue weighted by molar-refractivity contribution is 7.87. The summed E-state index contributed by atoms with van der Waals surface area (Å²) in [6.45, 7) is 1.59. The molecule has 2 fully saturated rings. The van der Waals surface area contributed by atoms with Crippen LogP contribution >= 0.6 is 0 Å². The molecule has 0 aromatic carbocycles. The van der Waals surface area contributed by atoms with Gasteiger partial charge in [0.05, 0.1) is 12.7 Å². The van der Waals surface area contributed by atoms with E-state index in [4.69, 9.17) is 4.74 Å². The highest BCUT2D eigenvalue weighted by atomic mass is 32.2. The summed E-state index contributed by atoms with van der Waals surface area (Å²) in [7, 11) is -3.48. The molecule has 2 aliphatic heterocycles. The molecule has 7 heteroatoms. The van der Waals surface area contributed by atoms with Crippen molar-refractivity contribution in [3.05, 3.63) is 0 Å². The molecule has 0 saturated carbocycles. The summed E-state index contributed by atoms with van der Waals surface area (Å²) in [5, 5.41) is 9.30. The van der Waals surface area contributed by atoms with Crippen LogP contribution in [0.15, 0.2) is 0 Å². The highest BCUT2D eigenvalue weighted by Gasteiger charge is 2.31. The van der Waals surface area contributed by atoms with Crippen molar-refractivity contribution in [2.45, 2.75) is 57.1 Å². The van der Waals surface area contributed by atoms with Crippen LogP contribution in [0.5, 0.6) is 0 Å². The maximum absolute atomic E-state index is 12.3. The van der Waals surface area contributed by atoms with Gasteiger partial charge in [0.2, 0.25) is 0 Å². The van der Waals surface area contributed by atoms with Gasteiger partial charge >= 0.3 is 0 Å². The molecule has 0 radical (unpaired) electrons. The van der Waals surface area contributed by atoms with Crippen molar-refractivity contribution in [3.63, 3.8) is 0 Å². The number of hydrogen-bond donors (Lipinski definition) is 2. The maximum Gasteiger partial charge on any atom is 0.279 e. The Balaban J connectivity index is 1.80. The summed E-state index contributed by atoms with van der Waals surface area (Å²) >= 11 is 0. The van der Waals surface area contributed by atoms with E-state index in [-0.39, 0.29) is 18.8 Å². The van der Waals surface area contributed by atoms with E-state index in [9.17, 15) is 13.5 Å². The molecule has 0 bridgehead atoms. The molecule has 0 spiro atoms. The fourth-order valence-electron chi connectivity index (χ4n) is 2.94. The molecule has 2 aliphatic rings. The standard InChI is InChI=1S/C13H26N2O4S/c16-11-12-5-1-3-9-15(12)20(17,18)14-8-7-13-6-2-4-10-19-13/h12-14,16H,1-11H2. The molecule has 2 atom stereocenters. The Bertz CT molecular complexity index is 382. The first-order valence-electron chi connectivity index (χ1n) is 7.62. The number of hydrogen-bond acceptors (Lipinski definition) is 4. The van der Waals surface area contributed by atoms with Crippen LogP contribution in [0.25, 0.3) is 0 Å². The molecule has 0 aliphatic carbocycles. The zero-order chi connectivity index (χ0) is 14.4. The highest BCUT2D eigenvalue weighted by Crippen LogP contribution is 2.20. The van der Waals surface area contributed by atoms with Crippen molar-refractivity contribution in [1.82, 2.24) is 9.03 Å². The number of nitrogens with zero attached hydrogens (tertiary/aromatic N) is 1. The quantitative estimate of drug-likeness (QED) is 0.754. The number of aliphatic hydroxyl groups is 1. The first-order chi connectivity index (χ1) is 9.63. The zero-order valence-corrected chi connectivity index (χ0v) is 12.8. The van der Waals surface area contributed by atoms with Gasteiger partial charge in [-0.1, -0.05) is 6.42 Å². The van der Waals surface area contributed by atoms with Gasteiger partial charge in [-0.05, 0) is 38.5 Å². The Hall–Kier alpha value is -0.210. The van der Waals surface area contributed by atoms with E-state index in [0.29, 0.717) is 13.1 Å². The normalized spacial score (nSPS) is 29.4. The molecule has 2 N–H and O–H groups in total. The topological polar surface area (TPSA) is 78.9 Å². The van der Waals surface area contributed by atoms with Crippen LogP contribution in [0.2, 0.25) is 0 Å². The minimum Gasteiger partial charge on any atom is -0.395 e. The third-order valence-corrected chi connectivity index (χ3v) is 5.78. The maximum atomic E-state index is 12.3. The number of nitrogens with one attached hydrogen (secondary N) is 1. The van der Waals surface area contributed by atoms with Crippen LogP contribution in [0.4, 0.5) is 0 Å². The Labute approximate surface area is 121 Å². The summed E-state index contributed by atoms with van der Waals surface area (Å²) in [5.74, 6) is 0. The Morgan fingerprint density at radius 3 is 2.70 bits per heavy atom. The molecule has 0 aromatic rings. The largest absolute Gasteiger partial charge is 0.395 e. The van der Waals surface area contributed by atoms with E-state index in [0.717, 1.165) is 51.6 Å². The van der Waals surface area contributed by atoms with Gasteiger partial charge in [0.1, 0.15) is 0 Å². The molecule has 6 nitrogen and oxygen atoms in total. The second-order valence-electron chi connectivity index (χ2n) is 5.62. The van der Waals surface area contributed by atoms with Crippen molar-refractivity contribution in [1.29, 1.82) is 0 Å². The van der Waals surface area contributed by atoms with Crippen LogP contribution in [-0.4, -0.2) is 56.3 Å². The summed E-state index contributed by atoms with van der Waals surface area (Å²) in [6.07, 6.45) is 6.77. The number of ether oxygens (including phenoxy) is 1. The van der Waals surface area contributed by atoms with E-state index in [1.807, 2.05) is 0 Å². The first kappa shape index (κ1) is 16.2. The van der Waals surface area contributed by atoms with E-state index >= 15 is 0 Å².